The van der Waals surface area contributed by atoms with E-state index in [1.807, 2.05) is 6.07 Å². The van der Waals surface area contributed by atoms with Crippen molar-refractivity contribution in [2.75, 3.05) is 5.32 Å². The third-order valence-electron chi connectivity index (χ3n) is 3.79. The molecule has 0 atom stereocenters. The number of rotatable bonds is 3. The molecule has 4 aromatic rings. The van der Waals surface area contributed by atoms with Crippen LogP contribution in [0.15, 0.2) is 65.8 Å². The third-order valence-corrected chi connectivity index (χ3v) is 3.79. The molecule has 0 amide bonds. The first-order chi connectivity index (χ1) is 12.6. The van der Waals surface area contributed by atoms with Crippen LogP contribution in [0.3, 0.4) is 0 Å². The van der Waals surface area contributed by atoms with Crippen molar-refractivity contribution in [3.63, 3.8) is 0 Å². The molecule has 0 spiro atoms. The van der Waals surface area contributed by atoms with E-state index in [2.05, 4.69) is 20.3 Å². The Bertz CT molecular complexity index is 1180. The van der Waals surface area contributed by atoms with E-state index >= 15 is 0 Å². The molecule has 0 aliphatic carbocycles. The van der Waals surface area contributed by atoms with E-state index in [1.54, 1.807) is 36.5 Å². The van der Waals surface area contributed by atoms with E-state index in [0.29, 0.717) is 21.4 Å². The largest absolute Gasteiger partial charge is 0.422 e. The molecule has 8 heteroatoms. The number of nitrogens with zero attached hydrogens (tertiary/aromatic N) is 4. The summed E-state index contributed by atoms with van der Waals surface area (Å²) in [6, 6.07) is 11.9. The highest BCUT2D eigenvalue weighted by Gasteiger charge is 2.11. The predicted octanol–water partition coefficient (Wildman–Crippen LogP) is 2.97. The van der Waals surface area contributed by atoms with Gasteiger partial charge < -0.3 is 10.5 Å². The van der Waals surface area contributed by atoms with Crippen molar-refractivity contribution in [3.8, 4) is 11.1 Å². The molecule has 7 nitrogen and oxygen atoms in total. The van der Waals surface area contributed by atoms with E-state index in [4.69, 9.17) is 0 Å². The average molecular weight is 349 g/mol. The van der Waals surface area contributed by atoms with Gasteiger partial charge in [-0.3, -0.25) is 4.98 Å². The monoisotopic (exact) mass is 349 g/mol. The Balaban J connectivity index is 1.77. The van der Waals surface area contributed by atoms with Crippen molar-refractivity contribution >= 4 is 22.5 Å². The van der Waals surface area contributed by atoms with Crippen LogP contribution in [-0.2, 0) is 0 Å². The van der Waals surface area contributed by atoms with Gasteiger partial charge >= 0.3 is 5.69 Å². The summed E-state index contributed by atoms with van der Waals surface area (Å²) in [6.07, 6.45) is 4.17. The van der Waals surface area contributed by atoms with Gasteiger partial charge in [0, 0.05) is 23.6 Å². The first-order valence-electron chi connectivity index (χ1n) is 7.67. The number of hydrogen-bond donors (Lipinski definition) is 2. The Morgan fingerprint density at radius 2 is 1.96 bits per heavy atom. The van der Waals surface area contributed by atoms with Gasteiger partial charge in [0.2, 0.25) is 0 Å². The zero-order chi connectivity index (χ0) is 18.1. The molecule has 0 saturated carbocycles. The van der Waals surface area contributed by atoms with Crippen molar-refractivity contribution in [2.24, 2.45) is 0 Å². The lowest BCUT2D eigenvalue weighted by Gasteiger charge is -2.10. The first kappa shape index (κ1) is 15.7. The average Bonchev–Trinajstić information content (AvgIpc) is 2.66. The van der Waals surface area contributed by atoms with E-state index in [9.17, 15) is 14.4 Å². The van der Waals surface area contributed by atoms with Crippen LogP contribution in [-0.4, -0.2) is 24.9 Å². The second-order valence-electron chi connectivity index (χ2n) is 5.53. The quantitative estimate of drug-likeness (QED) is 0.553. The lowest BCUT2D eigenvalue weighted by atomic mass is 10.1. The van der Waals surface area contributed by atoms with E-state index < -0.39 is 11.5 Å². The smallest absolute Gasteiger partial charge is 0.384 e. The molecule has 0 radical (unpaired) electrons. The fourth-order valence-electron chi connectivity index (χ4n) is 2.62. The van der Waals surface area contributed by atoms with Gasteiger partial charge in [0.15, 0.2) is 5.65 Å². The Morgan fingerprint density at radius 3 is 2.81 bits per heavy atom. The van der Waals surface area contributed by atoms with E-state index in [1.165, 1.54) is 12.3 Å². The lowest BCUT2D eigenvalue weighted by Crippen LogP contribution is -2.23. The number of pyridine rings is 2. The molecule has 4 rings (SSSR count). The Kier molecular flexibility index (Phi) is 3.77. The maximum Gasteiger partial charge on any atom is 0.384 e. The number of hydrogen-bond acceptors (Lipinski definition) is 6. The van der Waals surface area contributed by atoms with Crippen molar-refractivity contribution in [2.45, 2.75) is 0 Å². The number of benzene rings is 1. The molecule has 2 N–H and O–H groups in total. The van der Waals surface area contributed by atoms with Crippen molar-refractivity contribution in [3.05, 3.63) is 77.4 Å². The molecule has 3 heterocycles. The summed E-state index contributed by atoms with van der Waals surface area (Å²) in [6.45, 7) is 0. The summed E-state index contributed by atoms with van der Waals surface area (Å²) in [7, 11) is 0. The minimum atomic E-state index is -0.843. The van der Waals surface area contributed by atoms with Crippen LogP contribution in [0.25, 0.3) is 22.2 Å². The van der Waals surface area contributed by atoms with Gasteiger partial charge in [0.1, 0.15) is 11.6 Å². The van der Waals surface area contributed by atoms with Crippen LogP contribution in [0.5, 0.6) is 0 Å². The molecule has 128 valence electrons. The SMILES string of the molecule is O=c1nc(Nc2cccc(-c3cncc(F)c3)c2)c2cccnc2n1O. The molecule has 0 saturated heterocycles. The normalized spacial score (nSPS) is 10.8. The van der Waals surface area contributed by atoms with Gasteiger partial charge in [-0.05, 0) is 35.9 Å². The first-order valence-corrected chi connectivity index (χ1v) is 7.67. The lowest BCUT2D eigenvalue weighted by molar-refractivity contribution is 0.182. The molecule has 26 heavy (non-hydrogen) atoms. The van der Waals surface area contributed by atoms with Crippen LogP contribution >= 0.6 is 0 Å². The van der Waals surface area contributed by atoms with Crippen molar-refractivity contribution in [1.29, 1.82) is 0 Å². The van der Waals surface area contributed by atoms with Gasteiger partial charge in [0.05, 0.1) is 11.6 Å². The van der Waals surface area contributed by atoms with Crippen LogP contribution in [0.1, 0.15) is 0 Å². The number of aromatic nitrogens is 4. The van der Waals surface area contributed by atoms with Crippen LogP contribution in [0, 0.1) is 5.82 Å². The summed E-state index contributed by atoms with van der Waals surface area (Å²) in [5.41, 5.74) is 1.27. The van der Waals surface area contributed by atoms with Crippen molar-refractivity contribution < 1.29 is 9.60 Å². The fourth-order valence-corrected chi connectivity index (χ4v) is 2.62. The van der Waals surface area contributed by atoms with E-state index in [-0.39, 0.29) is 11.5 Å². The molecule has 1 aromatic carbocycles. The maximum atomic E-state index is 13.4. The fraction of sp³-hybridized carbons (Fsp3) is 0. The molecule has 0 unspecified atom stereocenters. The second kappa shape index (κ2) is 6.25. The van der Waals surface area contributed by atoms with Gasteiger partial charge in [0.25, 0.3) is 0 Å². The van der Waals surface area contributed by atoms with Crippen LogP contribution in [0.2, 0.25) is 0 Å². The minimum Gasteiger partial charge on any atom is -0.422 e. The topological polar surface area (TPSA) is 92.9 Å². The zero-order valence-electron chi connectivity index (χ0n) is 13.3. The third kappa shape index (κ3) is 2.84. The highest BCUT2D eigenvalue weighted by Crippen LogP contribution is 2.26. The maximum absolute atomic E-state index is 13.4. The minimum absolute atomic E-state index is 0.0977. The molecular formula is C18H12FN5O2. The molecular weight excluding hydrogens is 337 g/mol. The van der Waals surface area contributed by atoms with Gasteiger partial charge in [-0.1, -0.05) is 12.1 Å². The summed E-state index contributed by atoms with van der Waals surface area (Å²) in [5.74, 6) is -0.163. The highest BCUT2D eigenvalue weighted by atomic mass is 19.1. The zero-order valence-corrected chi connectivity index (χ0v) is 13.3. The predicted molar refractivity (Wildman–Crippen MR) is 93.9 cm³/mol. The van der Waals surface area contributed by atoms with Crippen molar-refractivity contribution in [1.82, 2.24) is 19.7 Å². The summed E-state index contributed by atoms with van der Waals surface area (Å²) in [4.78, 5) is 23.5. The molecule has 0 fully saturated rings. The Hall–Kier alpha value is -3.81. The molecule has 0 aliphatic heterocycles. The number of halogens is 1. The van der Waals surface area contributed by atoms with Gasteiger partial charge in [-0.25, -0.2) is 14.2 Å². The summed E-state index contributed by atoms with van der Waals surface area (Å²) in [5, 5.41) is 13.3. The van der Waals surface area contributed by atoms with E-state index in [0.717, 1.165) is 11.8 Å². The summed E-state index contributed by atoms with van der Waals surface area (Å²) < 4.78 is 13.8. The van der Waals surface area contributed by atoms with Gasteiger partial charge in [-0.15, -0.1) is 4.73 Å². The van der Waals surface area contributed by atoms with Crippen LogP contribution in [0.4, 0.5) is 15.9 Å². The van der Waals surface area contributed by atoms with Gasteiger partial charge in [-0.2, -0.15) is 4.98 Å². The Labute approximate surface area is 146 Å². The standard InChI is InChI=1S/C18H12FN5O2/c19-13-7-12(9-20-10-13)11-3-1-4-14(8-11)22-16-15-5-2-6-21-17(15)24(26)18(25)23-16/h1-10,26H,(H,22,23,25). The second-order valence-corrected chi connectivity index (χ2v) is 5.53. The molecule has 0 bridgehead atoms. The highest BCUT2D eigenvalue weighted by molar-refractivity contribution is 5.88. The number of nitrogens with one attached hydrogen (secondary N) is 1. The molecule has 3 aromatic heterocycles. The number of fused-ring (bicyclic) bond motifs is 1. The summed E-state index contributed by atoms with van der Waals surface area (Å²) >= 11 is 0. The molecule has 0 aliphatic rings. The van der Waals surface area contributed by atoms with Crippen LogP contribution < -0.4 is 11.0 Å². The Morgan fingerprint density at radius 1 is 1.08 bits per heavy atom. The number of anilines is 2.